The van der Waals surface area contributed by atoms with Gasteiger partial charge >= 0.3 is 0 Å². The topological polar surface area (TPSA) is 26.0 Å². The molecule has 2 aliphatic rings. The highest BCUT2D eigenvalue weighted by Crippen LogP contribution is 2.36. The van der Waals surface area contributed by atoms with Crippen LogP contribution in [0.4, 0.5) is 0 Å². The molecule has 0 radical (unpaired) electrons. The molecule has 1 heteroatoms. The van der Waals surface area contributed by atoms with E-state index in [1.807, 2.05) is 0 Å². The van der Waals surface area contributed by atoms with Crippen LogP contribution in [0.5, 0.6) is 0 Å². The Hall–Kier alpha value is -0.300. The number of rotatable bonds is 1. The molecule has 1 fully saturated rings. The number of nitrogens with two attached hydrogens (primary N) is 1. The standard InChI is InChI=1S/C12H21N/c13-12(9-5-2-6-10-12)11-7-3-1-4-8-11/h7H,1-6,8-10,13H2. The summed E-state index contributed by atoms with van der Waals surface area (Å²) in [7, 11) is 0. The first-order valence-electron chi connectivity index (χ1n) is 5.80. The molecule has 0 aromatic carbocycles. The van der Waals surface area contributed by atoms with Crippen LogP contribution in [0.2, 0.25) is 0 Å². The van der Waals surface area contributed by atoms with E-state index >= 15 is 0 Å². The summed E-state index contributed by atoms with van der Waals surface area (Å²) in [6, 6.07) is 0. The maximum Gasteiger partial charge on any atom is 0.0368 e. The highest BCUT2D eigenvalue weighted by atomic mass is 14.7. The fourth-order valence-electron chi connectivity index (χ4n) is 2.79. The van der Waals surface area contributed by atoms with Crippen molar-refractivity contribution in [3.8, 4) is 0 Å². The summed E-state index contributed by atoms with van der Waals surface area (Å²) in [5, 5.41) is 0. The van der Waals surface area contributed by atoms with Crippen molar-refractivity contribution >= 4 is 0 Å². The Morgan fingerprint density at radius 2 is 1.77 bits per heavy atom. The summed E-state index contributed by atoms with van der Waals surface area (Å²) >= 11 is 0. The number of hydrogen-bond acceptors (Lipinski definition) is 1. The lowest BCUT2D eigenvalue weighted by Gasteiger charge is -2.37. The van der Waals surface area contributed by atoms with Gasteiger partial charge < -0.3 is 5.73 Å². The summed E-state index contributed by atoms with van der Waals surface area (Å²) < 4.78 is 0. The maximum absolute atomic E-state index is 6.47. The number of hydrogen-bond donors (Lipinski definition) is 1. The predicted octanol–water partition coefficient (Wildman–Crippen LogP) is 3.15. The van der Waals surface area contributed by atoms with E-state index in [1.54, 1.807) is 5.57 Å². The van der Waals surface area contributed by atoms with Crippen LogP contribution in [0.1, 0.15) is 57.8 Å². The Kier molecular flexibility index (Phi) is 2.73. The van der Waals surface area contributed by atoms with Crippen molar-refractivity contribution in [1.82, 2.24) is 0 Å². The van der Waals surface area contributed by atoms with Crippen molar-refractivity contribution in [2.45, 2.75) is 63.3 Å². The molecule has 74 valence electrons. The van der Waals surface area contributed by atoms with Crippen molar-refractivity contribution in [2.24, 2.45) is 5.73 Å². The third-order valence-electron chi connectivity index (χ3n) is 3.68. The summed E-state index contributed by atoms with van der Waals surface area (Å²) in [5.41, 5.74) is 8.16. The molecule has 0 aromatic rings. The predicted molar refractivity (Wildman–Crippen MR) is 56.6 cm³/mol. The minimum absolute atomic E-state index is 0.110. The first kappa shape index (κ1) is 9.26. The molecule has 1 nitrogen and oxygen atoms in total. The average molecular weight is 179 g/mol. The van der Waals surface area contributed by atoms with E-state index in [2.05, 4.69) is 6.08 Å². The van der Waals surface area contributed by atoms with Gasteiger partial charge in [-0.3, -0.25) is 0 Å². The lowest BCUT2D eigenvalue weighted by molar-refractivity contribution is 0.328. The van der Waals surface area contributed by atoms with Gasteiger partial charge in [-0.15, -0.1) is 0 Å². The van der Waals surface area contributed by atoms with Gasteiger partial charge in [0.05, 0.1) is 0 Å². The molecule has 0 saturated heterocycles. The summed E-state index contributed by atoms with van der Waals surface area (Å²) in [6.07, 6.45) is 14.3. The minimum atomic E-state index is 0.110. The van der Waals surface area contributed by atoms with Gasteiger partial charge in [0.15, 0.2) is 0 Å². The van der Waals surface area contributed by atoms with E-state index in [4.69, 9.17) is 5.73 Å². The van der Waals surface area contributed by atoms with E-state index in [1.165, 1.54) is 57.8 Å². The van der Waals surface area contributed by atoms with Crippen LogP contribution < -0.4 is 5.73 Å². The second kappa shape index (κ2) is 3.83. The quantitative estimate of drug-likeness (QED) is 0.615. The molecule has 2 N–H and O–H groups in total. The Morgan fingerprint density at radius 3 is 2.38 bits per heavy atom. The average Bonchev–Trinajstić information content (AvgIpc) is 2.20. The van der Waals surface area contributed by atoms with Crippen LogP contribution >= 0.6 is 0 Å². The normalized spacial score (nSPS) is 28.2. The molecule has 0 atom stereocenters. The molecular formula is C12H21N. The smallest absolute Gasteiger partial charge is 0.0368 e. The summed E-state index contributed by atoms with van der Waals surface area (Å²) in [5.74, 6) is 0. The molecule has 0 bridgehead atoms. The molecular weight excluding hydrogens is 158 g/mol. The van der Waals surface area contributed by atoms with E-state index in [9.17, 15) is 0 Å². The van der Waals surface area contributed by atoms with Crippen LogP contribution in [0, 0.1) is 0 Å². The third kappa shape index (κ3) is 1.96. The molecule has 13 heavy (non-hydrogen) atoms. The zero-order valence-corrected chi connectivity index (χ0v) is 8.52. The number of allylic oxidation sites excluding steroid dienone is 1. The Labute approximate surface area is 81.4 Å². The van der Waals surface area contributed by atoms with Crippen molar-refractivity contribution in [2.75, 3.05) is 0 Å². The van der Waals surface area contributed by atoms with Crippen LogP contribution in [-0.4, -0.2) is 5.54 Å². The highest BCUT2D eigenvalue weighted by Gasteiger charge is 2.31. The van der Waals surface area contributed by atoms with Gasteiger partial charge in [0.1, 0.15) is 0 Å². The van der Waals surface area contributed by atoms with Crippen molar-refractivity contribution < 1.29 is 0 Å². The molecule has 0 aromatic heterocycles. The largest absolute Gasteiger partial charge is 0.322 e. The first-order chi connectivity index (χ1) is 6.31. The fraction of sp³-hybridized carbons (Fsp3) is 0.833. The zero-order chi connectivity index (χ0) is 9.15. The highest BCUT2D eigenvalue weighted by molar-refractivity contribution is 5.21. The van der Waals surface area contributed by atoms with Gasteiger partial charge in [-0.25, -0.2) is 0 Å². The Balaban J connectivity index is 2.07. The molecule has 1 saturated carbocycles. The minimum Gasteiger partial charge on any atom is -0.322 e. The molecule has 0 unspecified atom stereocenters. The van der Waals surface area contributed by atoms with Crippen molar-refractivity contribution in [1.29, 1.82) is 0 Å². The van der Waals surface area contributed by atoms with Gasteiger partial charge in [0.25, 0.3) is 0 Å². The molecule has 2 rings (SSSR count). The fourth-order valence-corrected chi connectivity index (χ4v) is 2.79. The molecule has 0 amide bonds. The van der Waals surface area contributed by atoms with Gasteiger partial charge in [-0.2, -0.15) is 0 Å². The third-order valence-corrected chi connectivity index (χ3v) is 3.68. The van der Waals surface area contributed by atoms with E-state index in [-0.39, 0.29) is 5.54 Å². The van der Waals surface area contributed by atoms with E-state index in [0.29, 0.717) is 0 Å². The van der Waals surface area contributed by atoms with Gasteiger partial charge in [0.2, 0.25) is 0 Å². The van der Waals surface area contributed by atoms with E-state index < -0.39 is 0 Å². The van der Waals surface area contributed by atoms with Crippen LogP contribution in [-0.2, 0) is 0 Å². The molecule has 0 aliphatic heterocycles. The lowest BCUT2D eigenvalue weighted by atomic mass is 9.74. The van der Waals surface area contributed by atoms with Crippen LogP contribution in [0.15, 0.2) is 11.6 Å². The second-order valence-corrected chi connectivity index (χ2v) is 4.69. The monoisotopic (exact) mass is 179 g/mol. The molecule has 2 aliphatic carbocycles. The SMILES string of the molecule is NC1(C2=CCCCC2)CCCCC1. The summed E-state index contributed by atoms with van der Waals surface area (Å²) in [6.45, 7) is 0. The summed E-state index contributed by atoms with van der Waals surface area (Å²) in [4.78, 5) is 0. The molecule has 0 spiro atoms. The van der Waals surface area contributed by atoms with Crippen molar-refractivity contribution in [3.05, 3.63) is 11.6 Å². The maximum atomic E-state index is 6.47. The van der Waals surface area contributed by atoms with Crippen LogP contribution in [0.25, 0.3) is 0 Å². The lowest BCUT2D eigenvalue weighted by Crippen LogP contribution is -2.44. The molecule has 0 heterocycles. The van der Waals surface area contributed by atoms with Gasteiger partial charge in [-0.05, 0) is 38.5 Å². The second-order valence-electron chi connectivity index (χ2n) is 4.69. The first-order valence-corrected chi connectivity index (χ1v) is 5.80. The van der Waals surface area contributed by atoms with Gasteiger partial charge in [-0.1, -0.05) is 30.9 Å². The zero-order valence-electron chi connectivity index (χ0n) is 8.52. The van der Waals surface area contributed by atoms with Crippen LogP contribution in [0.3, 0.4) is 0 Å². The van der Waals surface area contributed by atoms with Gasteiger partial charge in [0, 0.05) is 5.54 Å². The Bertz CT molecular complexity index is 199. The Morgan fingerprint density at radius 1 is 1.00 bits per heavy atom. The van der Waals surface area contributed by atoms with Crippen molar-refractivity contribution in [3.63, 3.8) is 0 Å². The van der Waals surface area contributed by atoms with E-state index in [0.717, 1.165) is 0 Å².